The van der Waals surface area contributed by atoms with Gasteiger partial charge in [0.1, 0.15) is 0 Å². The molecule has 0 unspecified atom stereocenters. The average Bonchev–Trinajstić information content (AvgIpc) is 3.81. The first-order chi connectivity index (χ1) is 21.8. The van der Waals surface area contributed by atoms with Crippen LogP contribution in [0.5, 0.6) is 0 Å². The van der Waals surface area contributed by atoms with Crippen LogP contribution in [0.1, 0.15) is 0 Å². The number of rotatable bonds is 2. The van der Waals surface area contributed by atoms with Gasteiger partial charge in [0, 0.05) is 43.1 Å². The van der Waals surface area contributed by atoms with E-state index in [2.05, 4.69) is 154 Å². The number of hydrogen-bond acceptors (Lipinski definition) is 0. The molecule has 0 spiro atoms. The summed E-state index contributed by atoms with van der Waals surface area (Å²) in [6, 6.07) is 53.8. The van der Waals surface area contributed by atoms with Gasteiger partial charge in [-0.2, -0.15) is 0 Å². The number of benzene rings is 7. The Labute approximate surface area is 252 Å². The van der Waals surface area contributed by atoms with Gasteiger partial charge in [-0.15, -0.1) is 0 Å². The van der Waals surface area contributed by atoms with Gasteiger partial charge in [-0.25, -0.2) is 0 Å². The summed E-state index contributed by atoms with van der Waals surface area (Å²) in [6.45, 7) is 0. The first-order valence-electron chi connectivity index (χ1n) is 15.3. The second-order valence-corrected chi connectivity index (χ2v) is 12.1. The molecule has 0 radical (unpaired) electrons. The summed E-state index contributed by atoms with van der Waals surface area (Å²) in [5, 5.41) is 10.5. The SMILES string of the molecule is c1ccc(-c2ccc3c(c2)c2cccc4c5ccc(-c6ccc7c8ccccc8n8c9ccccc9c6c78)cc5n3c24)cc1. The molecular weight excluding hydrogens is 532 g/mol. The average molecular weight is 557 g/mol. The summed E-state index contributed by atoms with van der Waals surface area (Å²) in [4.78, 5) is 0. The van der Waals surface area contributed by atoms with E-state index in [-0.39, 0.29) is 0 Å². The summed E-state index contributed by atoms with van der Waals surface area (Å²) < 4.78 is 4.96. The van der Waals surface area contributed by atoms with Crippen molar-refractivity contribution in [3.63, 3.8) is 0 Å². The Kier molecular flexibility index (Phi) is 4.10. The highest BCUT2D eigenvalue weighted by atomic mass is 14.9. The molecule has 0 N–H and O–H groups in total. The van der Waals surface area contributed by atoms with Crippen molar-refractivity contribution in [2.24, 2.45) is 0 Å². The lowest BCUT2D eigenvalue weighted by Gasteiger charge is -2.08. The summed E-state index contributed by atoms with van der Waals surface area (Å²) in [5.74, 6) is 0. The maximum absolute atomic E-state index is 2.50. The molecule has 2 nitrogen and oxygen atoms in total. The molecule has 0 amide bonds. The number of aromatic nitrogens is 2. The number of nitrogens with zero attached hydrogens (tertiary/aromatic N) is 2. The minimum atomic E-state index is 1.25. The van der Waals surface area contributed by atoms with E-state index < -0.39 is 0 Å². The monoisotopic (exact) mass is 556 g/mol. The van der Waals surface area contributed by atoms with Gasteiger partial charge in [0.2, 0.25) is 0 Å². The van der Waals surface area contributed by atoms with E-state index in [0.717, 1.165) is 0 Å². The summed E-state index contributed by atoms with van der Waals surface area (Å²) in [6.07, 6.45) is 0. The van der Waals surface area contributed by atoms with Gasteiger partial charge in [-0.05, 0) is 52.6 Å². The highest BCUT2D eigenvalue weighted by Crippen LogP contribution is 2.45. The lowest BCUT2D eigenvalue weighted by atomic mass is 9.96. The molecule has 0 saturated carbocycles. The van der Waals surface area contributed by atoms with E-state index in [1.807, 2.05) is 0 Å². The number of para-hydroxylation sites is 3. The summed E-state index contributed by atoms with van der Waals surface area (Å²) in [7, 11) is 0. The topological polar surface area (TPSA) is 8.82 Å². The minimum absolute atomic E-state index is 1.25. The van der Waals surface area contributed by atoms with Crippen LogP contribution in [0.4, 0.5) is 0 Å². The van der Waals surface area contributed by atoms with Crippen LogP contribution < -0.4 is 0 Å². The Morgan fingerprint density at radius 2 is 0.886 bits per heavy atom. The fraction of sp³-hybridized carbons (Fsp3) is 0. The maximum atomic E-state index is 2.50. The van der Waals surface area contributed by atoms with Gasteiger partial charge >= 0.3 is 0 Å². The zero-order chi connectivity index (χ0) is 28.5. The van der Waals surface area contributed by atoms with E-state index in [9.17, 15) is 0 Å². The first kappa shape index (κ1) is 22.7. The summed E-state index contributed by atoms with van der Waals surface area (Å²) in [5.41, 5.74) is 12.7. The Hall–Kier alpha value is -5.86. The van der Waals surface area contributed by atoms with Crippen LogP contribution in [0.25, 0.3) is 98.4 Å². The third kappa shape index (κ3) is 2.68. The van der Waals surface area contributed by atoms with E-state index in [0.29, 0.717) is 0 Å². The third-order valence-electron chi connectivity index (χ3n) is 9.99. The molecule has 0 atom stereocenters. The number of fused-ring (bicyclic) bond motifs is 12. The molecule has 7 aromatic carbocycles. The fourth-order valence-corrected chi connectivity index (χ4v) is 8.16. The van der Waals surface area contributed by atoms with Crippen molar-refractivity contribution in [3.8, 4) is 22.3 Å². The lowest BCUT2D eigenvalue weighted by molar-refractivity contribution is 1.37. The molecule has 0 bridgehead atoms. The molecule has 202 valence electrons. The molecule has 0 aliphatic carbocycles. The van der Waals surface area contributed by atoms with Crippen LogP contribution in [0.3, 0.4) is 0 Å². The van der Waals surface area contributed by atoms with Crippen LogP contribution >= 0.6 is 0 Å². The zero-order valence-corrected chi connectivity index (χ0v) is 23.8. The van der Waals surface area contributed by atoms with E-state index >= 15 is 0 Å². The van der Waals surface area contributed by atoms with Crippen molar-refractivity contribution in [1.29, 1.82) is 0 Å². The molecule has 4 heterocycles. The van der Waals surface area contributed by atoms with Crippen molar-refractivity contribution in [1.82, 2.24) is 8.80 Å². The molecule has 0 fully saturated rings. The predicted molar refractivity (Wildman–Crippen MR) is 187 cm³/mol. The fourth-order valence-electron chi connectivity index (χ4n) is 8.16. The van der Waals surface area contributed by atoms with Gasteiger partial charge in [0.15, 0.2) is 0 Å². The molecule has 11 rings (SSSR count). The molecule has 0 aliphatic rings. The van der Waals surface area contributed by atoms with E-state index in [1.54, 1.807) is 0 Å². The standard InChI is InChI=1S/C42H24N2/c1-2-9-25(10-3-1)26-18-22-38-35(23-26)32-14-8-13-31-30-19-17-27(24-39(30)44(38)41(31)32)28-20-21-33-29-11-4-6-15-36(29)43-37-16-7-5-12-34(37)40(28)42(33)43/h1-24H. The normalized spacial score (nSPS) is 12.5. The summed E-state index contributed by atoms with van der Waals surface area (Å²) >= 11 is 0. The highest BCUT2D eigenvalue weighted by molar-refractivity contribution is 6.28. The predicted octanol–water partition coefficient (Wildman–Crippen LogP) is 11.3. The van der Waals surface area contributed by atoms with Crippen LogP contribution in [0.15, 0.2) is 146 Å². The van der Waals surface area contributed by atoms with Crippen molar-refractivity contribution >= 4 is 76.2 Å². The molecule has 4 aromatic heterocycles. The van der Waals surface area contributed by atoms with Crippen LogP contribution in [-0.4, -0.2) is 8.80 Å². The van der Waals surface area contributed by atoms with Crippen LogP contribution in [-0.2, 0) is 0 Å². The van der Waals surface area contributed by atoms with Gasteiger partial charge < -0.3 is 8.80 Å². The van der Waals surface area contributed by atoms with Crippen molar-refractivity contribution in [3.05, 3.63) is 146 Å². The Morgan fingerprint density at radius 3 is 1.75 bits per heavy atom. The Bertz CT molecular complexity index is 2920. The van der Waals surface area contributed by atoms with Crippen LogP contribution in [0, 0.1) is 0 Å². The third-order valence-corrected chi connectivity index (χ3v) is 9.99. The maximum Gasteiger partial charge on any atom is 0.0626 e. The largest absolute Gasteiger partial charge is 0.308 e. The van der Waals surface area contributed by atoms with Crippen LogP contribution in [0.2, 0.25) is 0 Å². The first-order valence-corrected chi connectivity index (χ1v) is 15.3. The molecule has 0 aliphatic heterocycles. The van der Waals surface area contributed by atoms with Gasteiger partial charge in [0.05, 0.1) is 33.1 Å². The zero-order valence-electron chi connectivity index (χ0n) is 23.8. The molecule has 2 heteroatoms. The van der Waals surface area contributed by atoms with Gasteiger partial charge in [-0.1, -0.05) is 115 Å². The number of hydrogen-bond donors (Lipinski definition) is 0. The van der Waals surface area contributed by atoms with E-state index in [1.165, 1.54) is 98.4 Å². The highest BCUT2D eigenvalue weighted by Gasteiger charge is 2.22. The smallest absolute Gasteiger partial charge is 0.0626 e. The van der Waals surface area contributed by atoms with Gasteiger partial charge in [-0.3, -0.25) is 0 Å². The van der Waals surface area contributed by atoms with Crippen molar-refractivity contribution < 1.29 is 0 Å². The molecule has 11 aromatic rings. The van der Waals surface area contributed by atoms with E-state index in [4.69, 9.17) is 0 Å². The second-order valence-electron chi connectivity index (χ2n) is 12.1. The lowest BCUT2D eigenvalue weighted by Crippen LogP contribution is -1.85. The minimum Gasteiger partial charge on any atom is -0.308 e. The van der Waals surface area contributed by atoms with Crippen molar-refractivity contribution in [2.45, 2.75) is 0 Å². The Morgan fingerprint density at radius 1 is 0.295 bits per heavy atom. The molecule has 44 heavy (non-hydrogen) atoms. The second kappa shape index (κ2) is 7.94. The molecule has 0 saturated heterocycles. The van der Waals surface area contributed by atoms with Crippen molar-refractivity contribution in [2.75, 3.05) is 0 Å². The quantitative estimate of drug-likeness (QED) is 0.200. The molecular formula is C42H24N2. The van der Waals surface area contributed by atoms with Gasteiger partial charge in [0.25, 0.3) is 0 Å². The Balaban J connectivity index is 1.24.